The fourth-order valence-electron chi connectivity index (χ4n) is 4.21. The van der Waals surface area contributed by atoms with Gasteiger partial charge in [0, 0.05) is 5.69 Å². The molecule has 2 aromatic rings. The standard InChI is InChI=1S/C23H28N2/c1-16-3-4-19(14-23(16)25)13-17(2)20-9-11-22(12-10-20)21-7-5-18(15-24)6-8-21/h3-8,14,17,20,22H,9-13,25H2,1-2H3. The van der Waals surface area contributed by atoms with Crippen LogP contribution in [0.2, 0.25) is 0 Å². The zero-order chi connectivity index (χ0) is 17.8. The maximum atomic E-state index is 8.93. The number of aryl methyl sites for hydroxylation is 1. The first-order valence-electron chi connectivity index (χ1n) is 9.42. The molecule has 0 spiro atoms. The fourth-order valence-corrected chi connectivity index (χ4v) is 4.21. The van der Waals surface area contributed by atoms with Crippen molar-refractivity contribution in [3.63, 3.8) is 0 Å². The molecule has 1 aliphatic carbocycles. The Bertz CT molecular complexity index is 747. The lowest BCUT2D eigenvalue weighted by Gasteiger charge is -2.32. The van der Waals surface area contributed by atoms with Gasteiger partial charge in [-0.2, -0.15) is 5.26 Å². The van der Waals surface area contributed by atoms with Crippen molar-refractivity contribution in [2.75, 3.05) is 5.73 Å². The Kier molecular flexibility index (Phi) is 5.43. The van der Waals surface area contributed by atoms with Crippen LogP contribution in [0.3, 0.4) is 0 Å². The molecule has 2 N–H and O–H groups in total. The van der Waals surface area contributed by atoms with Crippen molar-refractivity contribution >= 4 is 5.69 Å². The molecular weight excluding hydrogens is 304 g/mol. The molecular formula is C23H28N2. The van der Waals surface area contributed by atoms with Crippen molar-refractivity contribution in [3.05, 3.63) is 64.7 Å². The van der Waals surface area contributed by atoms with Gasteiger partial charge in [-0.1, -0.05) is 31.2 Å². The average molecular weight is 332 g/mol. The largest absolute Gasteiger partial charge is 0.399 e. The molecule has 1 unspecified atom stereocenters. The van der Waals surface area contributed by atoms with Crippen molar-refractivity contribution in [2.24, 2.45) is 11.8 Å². The number of nitrogen functional groups attached to an aromatic ring is 1. The Morgan fingerprint density at radius 1 is 1.08 bits per heavy atom. The van der Waals surface area contributed by atoms with Gasteiger partial charge in [-0.3, -0.25) is 0 Å². The molecule has 3 rings (SSSR count). The summed E-state index contributed by atoms with van der Waals surface area (Å²) in [7, 11) is 0. The van der Waals surface area contributed by atoms with E-state index in [1.165, 1.54) is 42.4 Å². The number of rotatable bonds is 4. The molecule has 2 heteroatoms. The predicted molar refractivity (Wildman–Crippen MR) is 104 cm³/mol. The molecule has 2 aromatic carbocycles. The minimum atomic E-state index is 0.659. The van der Waals surface area contributed by atoms with Gasteiger partial charge in [-0.25, -0.2) is 0 Å². The van der Waals surface area contributed by atoms with Gasteiger partial charge in [0.15, 0.2) is 0 Å². The van der Waals surface area contributed by atoms with Crippen molar-refractivity contribution in [1.29, 1.82) is 5.26 Å². The van der Waals surface area contributed by atoms with Gasteiger partial charge in [-0.15, -0.1) is 0 Å². The van der Waals surface area contributed by atoms with Gasteiger partial charge in [0.2, 0.25) is 0 Å². The number of hydrogen-bond donors (Lipinski definition) is 1. The van der Waals surface area contributed by atoms with E-state index >= 15 is 0 Å². The summed E-state index contributed by atoms with van der Waals surface area (Å²) in [4.78, 5) is 0. The van der Waals surface area contributed by atoms with E-state index < -0.39 is 0 Å². The van der Waals surface area contributed by atoms with Crippen LogP contribution in [0.15, 0.2) is 42.5 Å². The highest BCUT2D eigenvalue weighted by atomic mass is 14.6. The Morgan fingerprint density at radius 3 is 2.36 bits per heavy atom. The first kappa shape index (κ1) is 17.5. The normalized spacial score (nSPS) is 21.5. The molecule has 0 amide bonds. The van der Waals surface area contributed by atoms with E-state index in [0.29, 0.717) is 11.8 Å². The number of nitriles is 1. The van der Waals surface area contributed by atoms with Crippen LogP contribution in [0.25, 0.3) is 0 Å². The molecule has 0 bridgehead atoms. The van der Waals surface area contributed by atoms with Crippen LogP contribution in [0.4, 0.5) is 5.69 Å². The topological polar surface area (TPSA) is 49.8 Å². The van der Waals surface area contributed by atoms with E-state index in [-0.39, 0.29) is 0 Å². The van der Waals surface area contributed by atoms with Gasteiger partial charge in [0.05, 0.1) is 11.6 Å². The highest BCUT2D eigenvalue weighted by Crippen LogP contribution is 2.39. The second-order valence-electron chi connectivity index (χ2n) is 7.72. The number of benzene rings is 2. The van der Waals surface area contributed by atoms with Gasteiger partial charge < -0.3 is 5.73 Å². The summed E-state index contributed by atoms with van der Waals surface area (Å²) in [6.07, 6.45) is 6.24. The first-order chi connectivity index (χ1) is 12.1. The van der Waals surface area contributed by atoms with Crippen LogP contribution in [0, 0.1) is 30.1 Å². The van der Waals surface area contributed by atoms with Crippen molar-refractivity contribution in [3.8, 4) is 6.07 Å². The lowest BCUT2D eigenvalue weighted by atomic mass is 9.73. The summed E-state index contributed by atoms with van der Waals surface area (Å²) in [5.74, 6) is 2.16. The minimum absolute atomic E-state index is 0.659. The first-order valence-corrected chi connectivity index (χ1v) is 9.42. The molecule has 25 heavy (non-hydrogen) atoms. The SMILES string of the molecule is Cc1ccc(CC(C)C2CCC(c3ccc(C#N)cc3)CC2)cc1N. The van der Waals surface area contributed by atoms with E-state index in [0.717, 1.165) is 23.6 Å². The summed E-state index contributed by atoms with van der Waals surface area (Å²) in [5.41, 5.74) is 11.7. The number of nitrogens with zero attached hydrogens (tertiary/aromatic N) is 1. The van der Waals surface area contributed by atoms with Gasteiger partial charge in [0.1, 0.15) is 0 Å². The van der Waals surface area contributed by atoms with Crippen LogP contribution in [0.5, 0.6) is 0 Å². The molecule has 1 atom stereocenters. The Balaban J connectivity index is 1.55. The summed E-state index contributed by atoms with van der Waals surface area (Å²) in [6.45, 7) is 4.45. The zero-order valence-electron chi connectivity index (χ0n) is 15.3. The van der Waals surface area contributed by atoms with Crippen molar-refractivity contribution in [2.45, 2.75) is 51.9 Å². The van der Waals surface area contributed by atoms with E-state index in [9.17, 15) is 0 Å². The Labute approximate surface area is 151 Å². The van der Waals surface area contributed by atoms with Crippen LogP contribution in [0.1, 0.15) is 60.8 Å². The van der Waals surface area contributed by atoms with Crippen LogP contribution in [-0.2, 0) is 6.42 Å². The molecule has 0 radical (unpaired) electrons. The fraction of sp³-hybridized carbons (Fsp3) is 0.435. The summed E-state index contributed by atoms with van der Waals surface area (Å²) in [5, 5.41) is 8.93. The highest BCUT2D eigenvalue weighted by molar-refractivity contribution is 5.48. The average Bonchev–Trinajstić information content (AvgIpc) is 2.65. The van der Waals surface area contributed by atoms with Crippen molar-refractivity contribution in [1.82, 2.24) is 0 Å². The molecule has 1 fully saturated rings. The highest BCUT2D eigenvalue weighted by Gasteiger charge is 2.26. The van der Waals surface area contributed by atoms with Crippen LogP contribution >= 0.6 is 0 Å². The van der Waals surface area contributed by atoms with E-state index in [1.54, 1.807) is 0 Å². The van der Waals surface area contributed by atoms with Crippen LogP contribution < -0.4 is 5.73 Å². The Morgan fingerprint density at radius 2 is 1.76 bits per heavy atom. The molecule has 0 saturated heterocycles. The lowest BCUT2D eigenvalue weighted by molar-refractivity contribution is 0.244. The summed E-state index contributed by atoms with van der Waals surface area (Å²) < 4.78 is 0. The smallest absolute Gasteiger partial charge is 0.0991 e. The molecule has 0 heterocycles. The summed E-state index contributed by atoms with van der Waals surface area (Å²) >= 11 is 0. The monoisotopic (exact) mass is 332 g/mol. The molecule has 2 nitrogen and oxygen atoms in total. The van der Waals surface area contributed by atoms with Crippen LogP contribution in [-0.4, -0.2) is 0 Å². The van der Waals surface area contributed by atoms with Crippen molar-refractivity contribution < 1.29 is 0 Å². The van der Waals surface area contributed by atoms with E-state index in [1.807, 2.05) is 12.1 Å². The maximum absolute atomic E-state index is 8.93. The van der Waals surface area contributed by atoms with E-state index in [2.05, 4.69) is 50.2 Å². The lowest BCUT2D eigenvalue weighted by Crippen LogP contribution is -2.21. The maximum Gasteiger partial charge on any atom is 0.0991 e. The molecule has 0 aliphatic heterocycles. The second-order valence-corrected chi connectivity index (χ2v) is 7.72. The zero-order valence-corrected chi connectivity index (χ0v) is 15.3. The Hall–Kier alpha value is -2.27. The minimum Gasteiger partial charge on any atom is -0.399 e. The third-order valence-corrected chi connectivity index (χ3v) is 5.99. The number of nitrogens with two attached hydrogens (primary N) is 1. The van der Waals surface area contributed by atoms with Gasteiger partial charge in [0.25, 0.3) is 0 Å². The molecule has 1 aliphatic rings. The molecule has 0 aromatic heterocycles. The van der Waals surface area contributed by atoms with Gasteiger partial charge >= 0.3 is 0 Å². The predicted octanol–water partition coefficient (Wildman–Crippen LogP) is 5.60. The third-order valence-electron chi connectivity index (χ3n) is 5.99. The van der Waals surface area contributed by atoms with Gasteiger partial charge in [-0.05, 0) is 91.7 Å². The van der Waals surface area contributed by atoms with E-state index in [4.69, 9.17) is 11.0 Å². The summed E-state index contributed by atoms with van der Waals surface area (Å²) in [6, 6.07) is 16.9. The second kappa shape index (κ2) is 7.74. The quantitative estimate of drug-likeness (QED) is 0.741. The number of anilines is 1. The molecule has 1 saturated carbocycles. The third kappa shape index (κ3) is 4.23. The molecule has 130 valence electrons. The number of hydrogen-bond acceptors (Lipinski definition) is 2.